The van der Waals surface area contributed by atoms with Gasteiger partial charge in [0.2, 0.25) is 0 Å². The number of ether oxygens (including phenoxy) is 1. The third-order valence-electron chi connectivity index (χ3n) is 3.01. The molecule has 0 aromatic heterocycles. The molecular formula is C12H16FN3O2. The molecule has 1 aromatic carbocycles. The van der Waals surface area contributed by atoms with E-state index in [2.05, 4.69) is 0 Å². The van der Waals surface area contributed by atoms with E-state index in [1.165, 1.54) is 6.07 Å². The highest BCUT2D eigenvalue weighted by molar-refractivity contribution is 6.00. The Labute approximate surface area is 104 Å². The summed E-state index contributed by atoms with van der Waals surface area (Å²) < 4.78 is 19.0. The summed E-state index contributed by atoms with van der Waals surface area (Å²) in [5.74, 6) is -0.838. The number of nitrogen functional groups attached to an aromatic ring is 1. The second-order valence-corrected chi connectivity index (χ2v) is 4.15. The highest BCUT2D eigenvalue weighted by Crippen LogP contribution is 2.26. The van der Waals surface area contributed by atoms with Crippen LogP contribution in [0, 0.1) is 11.2 Å². The summed E-state index contributed by atoms with van der Waals surface area (Å²) in [6, 6.07) is 4.31. The van der Waals surface area contributed by atoms with E-state index in [1.807, 2.05) is 4.90 Å². The Balaban J connectivity index is 2.42. The van der Waals surface area contributed by atoms with Gasteiger partial charge in [0, 0.05) is 6.54 Å². The number of halogens is 1. The lowest BCUT2D eigenvalue weighted by Crippen LogP contribution is -2.48. The fourth-order valence-corrected chi connectivity index (χ4v) is 2.14. The number of anilines is 1. The Bertz CT molecular complexity index is 453. The number of morpholine rings is 1. The minimum absolute atomic E-state index is 0.0813. The number of nitrogens with two attached hydrogens (primary N) is 1. The van der Waals surface area contributed by atoms with Crippen LogP contribution < -0.4 is 10.6 Å². The van der Waals surface area contributed by atoms with E-state index in [0.717, 1.165) is 0 Å². The Morgan fingerprint density at radius 3 is 3.06 bits per heavy atom. The molecule has 0 saturated carbocycles. The summed E-state index contributed by atoms with van der Waals surface area (Å²) in [6.07, 6.45) is 0. The van der Waals surface area contributed by atoms with E-state index < -0.39 is 5.82 Å². The van der Waals surface area contributed by atoms with Crippen molar-refractivity contribution in [2.75, 3.05) is 31.3 Å². The van der Waals surface area contributed by atoms with Gasteiger partial charge in [0.15, 0.2) is 0 Å². The molecule has 1 atom stereocenters. The van der Waals surface area contributed by atoms with Crippen molar-refractivity contribution in [1.29, 1.82) is 5.41 Å². The molecule has 0 bridgehead atoms. The van der Waals surface area contributed by atoms with Crippen LogP contribution in [0.25, 0.3) is 0 Å². The second-order valence-electron chi connectivity index (χ2n) is 4.15. The lowest BCUT2D eigenvalue weighted by atomic mass is 10.1. The molecule has 6 heteroatoms. The first-order valence-electron chi connectivity index (χ1n) is 5.73. The summed E-state index contributed by atoms with van der Waals surface area (Å²) in [6.45, 7) is 1.33. The number of benzene rings is 1. The van der Waals surface area contributed by atoms with Crippen molar-refractivity contribution < 1.29 is 14.2 Å². The van der Waals surface area contributed by atoms with E-state index in [-0.39, 0.29) is 24.0 Å². The SMILES string of the molecule is N=C(N)c1c(F)cccc1N1CCOCC1CO. The predicted octanol–water partition coefficient (Wildman–Crippen LogP) is 0.307. The number of rotatable bonds is 3. The van der Waals surface area contributed by atoms with Crippen molar-refractivity contribution in [3.63, 3.8) is 0 Å². The first kappa shape index (κ1) is 12.8. The van der Waals surface area contributed by atoms with Gasteiger partial charge in [0.05, 0.1) is 37.1 Å². The number of hydrogen-bond acceptors (Lipinski definition) is 4. The monoisotopic (exact) mass is 253 g/mol. The van der Waals surface area contributed by atoms with E-state index >= 15 is 0 Å². The Hall–Kier alpha value is -1.66. The largest absolute Gasteiger partial charge is 0.394 e. The molecule has 0 spiro atoms. The van der Waals surface area contributed by atoms with Gasteiger partial charge in [-0.1, -0.05) is 6.07 Å². The number of nitrogens with zero attached hydrogens (tertiary/aromatic N) is 1. The Morgan fingerprint density at radius 1 is 1.61 bits per heavy atom. The summed E-state index contributed by atoms with van der Waals surface area (Å²) in [5, 5.41) is 16.8. The van der Waals surface area contributed by atoms with Gasteiger partial charge in [0.1, 0.15) is 11.7 Å². The lowest BCUT2D eigenvalue weighted by molar-refractivity contribution is 0.0726. The lowest BCUT2D eigenvalue weighted by Gasteiger charge is -2.37. The molecule has 98 valence electrons. The zero-order valence-corrected chi connectivity index (χ0v) is 9.90. The zero-order chi connectivity index (χ0) is 13.1. The third kappa shape index (κ3) is 2.30. The standard InChI is InChI=1S/C12H16FN3O2/c13-9-2-1-3-10(11(9)12(14)15)16-4-5-18-7-8(16)6-17/h1-3,8,17H,4-7H2,(H3,14,15). The van der Waals surface area contributed by atoms with Gasteiger partial charge in [-0.25, -0.2) is 4.39 Å². The summed E-state index contributed by atoms with van der Waals surface area (Å²) in [5.41, 5.74) is 6.05. The molecule has 1 aromatic rings. The quantitative estimate of drug-likeness (QED) is 0.535. The van der Waals surface area contributed by atoms with Gasteiger partial charge < -0.3 is 20.5 Å². The minimum Gasteiger partial charge on any atom is -0.394 e. The van der Waals surface area contributed by atoms with Crippen LogP contribution in [0.4, 0.5) is 10.1 Å². The molecule has 1 saturated heterocycles. The van der Waals surface area contributed by atoms with Crippen molar-refractivity contribution in [2.24, 2.45) is 5.73 Å². The van der Waals surface area contributed by atoms with E-state index in [1.54, 1.807) is 12.1 Å². The average Bonchev–Trinajstić information content (AvgIpc) is 2.38. The number of hydrogen-bond donors (Lipinski definition) is 3. The summed E-state index contributed by atoms with van der Waals surface area (Å²) >= 11 is 0. The van der Waals surface area contributed by atoms with Gasteiger partial charge in [-0.2, -0.15) is 0 Å². The van der Waals surface area contributed by atoms with E-state index in [9.17, 15) is 9.50 Å². The van der Waals surface area contributed by atoms with Crippen molar-refractivity contribution in [3.8, 4) is 0 Å². The number of aliphatic hydroxyl groups excluding tert-OH is 1. The fourth-order valence-electron chi connectivity index (χ4n) is 2.14. The molecule has 0 aliphatic carbocycles. The van der Waals surface area contributed by atoms with Gasteiger partial charge in [0.25, 0.3) is 0 Å². The van der Waals surface area contributed by atoms with Crippen LogP contribution in [0.15, 0.2) is 18.2 Å². The highest BCUT2D eigenvalue weighted by Gasteiger charge is 2.26. The molecule has 1 heterocycles. The van der Waals surface area contributed by atoms with Crippen molar-refractivity contribution in [3.05, 3.63) is 29.6 Å². The number of nitrogens with one attached hydrogen (secondary N) is 1. The van der Waals surface area contributed by atoms with Gasteiger partial charge in [-0.15, -0.1) is 0 Å². The van der Waals surface area contributed by atoms with Crippen LogP contribution >= 0.6 is 0 Å². The minimum atomic E-state index is -0.525. The Morgan fingerprint density at radius 2 is 2.39 bits per heavy atom. The van der Waals surface area contributed by atoms with Crippen LogP contribution in [-0.2, 0) is 4.74 Å². The molecule has 18 heavy (non-hydrogen) atoms. The molecule has 1 fully saturated rings. The summed E-state index contributed by atoms with van der Waals surface area (Å²) in [4.78, 5) is 1.84. The van der Waals surface area contributed by atoms with Gasteiger partial charge in [-0.3, -0.25) is 5.41 Å². The molecular weight excluding hydrogens is 237 g/mol. The second kappa shape index (κ2) is 5.32. The first-order valence-corrected chi connectivity index (χ1v) is 5.73. The van der Waals surface area contributed by atoms with Crippen LogP contribution in [0.2, 0.25) is 0 Å². The summed E-state index contributed by atoms with van der Waals surface area (Å²) in [7, 11) is 0. The third-order valence-corrected chi connectivity index (χ3v) is 3.01. The van der Waals surface area contributed by atoms with Crippen LogP contribution in [0.3, 0.4) is 0 Å². The Kier molecular flexibility index (Phi) is 3.78. The molecule has 0 radical (unpaired) electrons. The molecule has 4 N–H and O–H groups in total. The number of aliphatic hydroxyl groups is 1. The molecule has 0 amide bonds. The van der Waals surface area contributed by atoms with E-state index in [0.29, 0.717) is 25.4 Å². The van der Waals surface area contributed by atoms with Crippen LogP contribution in [0.1, 0.15) is 5.56 Å². The van der Waals surface area contributed by atoms with Gasteiger partial charge in [-0.05, 0) is 12.1 Å². The van der Waals surface area contributed by atoms with E-state index in [4.69, 9.17) is 15.9 Å². The van der Waals surface area contributed by atoms with Crippen LogP contribution in [-0.4, -0.2) is 43.3 Å². The maximum Gasteiger partial charge on any atom is 0.136 e. The molecule has 2 rings (SSSR count). The first-order chi connectivity index (χ1) is 8.65. The number of amidine groups is 1. The molecule has 1 aliphatic heterocycles. The smallest absolute Gasteiger partial charge is 0.136 e. The van der Waals surface area contributed by atoms with Crippen LogP contribution in [0.5, 0.6) is 0 Å². The molecule has 1 aliphatic rings. The highest BCUT2D eigenvalue weighted by atomic mass is 19.1. The predicted molar refractivity (Wildman–Crippen MR) is 66.5 cm³/mol. The van der Waals surface area contributed by atoms with Crippen molar-refractivity contribution in [1.82, 2.24) is 0 Å². The fraction of sp³-hybridized carbons (Fsp3) is 0.417. The average molecular weight is 253 g/mol. The molecule has 1 unspecified atom stereocenters. The van der Waals surface area contributed by atoms with Crippen molar-refractivity contribution >= 4 is 11.5 Å². The zero-order valence-electron chi connectivity index (χ0n) is 9.90. The normalized spacial score (nSPS) is 19.9. The van der Waals surface area contributed by atoms with Crippen molar-refractivity contribution in [2.45, 2.75) is 6.04 Å². The maximum atomic E-state index is 13.7. The van der Waals surface area contributed by atoms with Gasteiger partial charge >= 0.3 is 0 Å². The molecule has 5 nitrogen and oxygen atoms in total. The maximum absolute atomic E-state index is 13.7. The topological polar surface area (TPSA) is 82.6 Å².